The summed E-state index contributed by atoms with van der Waals surface area (Å²) in [5.41, 5.74) is 6.37. The summed E-state index contributed by atoms with van der Waals surface area (Å²) in [5.74, 6) is -2.71. The molecule has 1 heterocycles. The number of nitrogens with zero attached hydrogens (tertiary/aromatic N) is 1. The summed E-state index contributed by atoms with van der Waals surface area (Å²) in [6.07, 6.45) is 0.538. The van der Waals surface area contributed by atoms with E-state index in [4.69, 9.17) is 5.73 Å². The number of hydrogen-bond acceptors (Lipinski definition) is 3. The van der Waals surface area contributed by atoms with E-state index < -0.39 is 17.6 Å². The summed E-state index contributed by atoms with van der Waals surface area (Å²) in [6.45, 7) is 5.42. The zero-order valence-electron chi connectivity index (χ0n) is 13.9. The number of aryl methyl sites for hydroxylation is 1. The van der Waals surface area contributed by atoms with Gasteiger partial charge >= 0.3 is 5.97 Å². The lowest BCUT2D eigenvalue weighted by molar-refractivity contribution is 0.0696. The molecule has 2 rings (SSSR count). The highest BCUT2D eigenvalue weighted by molar-refractivity contribution is 5.98. The van der Waals surface area contributed by atoms with Crippen LogP contribution in [0.3, 0.4) is 0 Å². The first-order chi connectivity index (χ1) is 11.3. The summed E-state index contributed by atoms with van der Waals surface area (Å²) in [5, 5.41) is 9.56. The molecule has 3 N–H and O–H groups in total. The van der Waals surface area contributed by atoms with Crippen molar-refractivity contribution in [2.24, 2.45) is 11.7 Å². The van der Waals surface area contributed by atoms with Crippen molar-refractivity contribution in [1.29, 1.82) is 0 Å². The molecule has 0 radical (unpaired) electrons. The predicted molar refractivity (Wildman–Crippen MR) is 87.7 cm³/mol. The van der Waals surface area contributed by atoms with Gasteiger partial charge in [-0.3, -0.25) is 4.98 Å². The molecule has 1 aromatic heterocycles. The highest BCUT2D eigenvalue weighted by Gasteiger charge is 2.26. The fourth-order valence-electron chi connectivity index (χ4n) is 2.85. The first-order valence-corrected chi connectivity index (χ1v) is 7.68. The standard InChI is InChI=1S/C18H20F2N2O2/c1-9(2)7-14-11(8-21)16(15(18(23)24)10(3)22-14)17-12(19)5-4-6-13(17)20/h4-6,9H,7-8,21H2,1-3H3,(H,23,24). The fourth-order valence-corrected chi connectivity index (χ4v) is 2.85. The van der Waals surface area contributed by atoms with Crippen molar-refractivity contribution < 1.29 is 18.7 Å². The number of carboxylic acid groups (broad SMARTS) is 1. The summed E-state index contributed by atoms with van der Waals surface area (Å²) in [4.78, 5) is 16.1. The number of rotatable bonds is 5. The lowest BCUT2D eigenvalue weighted by Crippen LogP contribution is -2.16. The molecular weight excluding hydrogens is 314 g/mol. The van der Waals surface area contributed by atoms with E-state index in [0.29, 0.717) is 17.7 Å². The third-order valence-corrected chi connectivity index (χ3v) is 3.80. The molecular formula is C18H20F2N2O2. The summed E-state index contributed by atoms with van der Waals surface area (Å²) in [7, 11) is 0. The molecule has 0 aliphatic carbocycles. The molecule has 0 aliphatic heterocycles. The van der Waals surface area contributed by atoms with Crippen LogP contribution in [0.1, 0.15) is 41.2 Å². The van der Waals surface area contributed by atoms with Crippen LogP contribution in [-0.4, -0.2) is 16.1 Å². The number of halogens is 2. The van der Waals surface area contributed by atoms with Crippen LogP contribution in [0.15, 0.2) is 18.2 Å². The molecule has 1 aromatic carbocycles. The highest BCUT2D eigenvalue weighted by Crippen LogP contribution is 2.35. The SMILES string of the molecule is Cc1nc(CC(C)C)c(CN)c(-c2c(F)cccc2F)c1C(=O)O. The monoisotopic (exact) mass is 334 g/mol. The van der Waals surface area contributed by atoms with Gasteiger partial charge in [-0.05, 0) is 37.0 Å². The van der Waals surface area contributed by atoms with Gasteiger partial charge in [-0.1, -0.05) is 19.9 Å². The first-order valence-electron chi connectivity index (χ1n) is 7.68. The predicted octanol–water partition coefficient (Wildman–Crippen LogP) is 3.69. The van der Waals surface area contributed by atoms with Crippen molar-refractivity contribution in [2.45, 2.75) is 33.7 Å². The van der Waals surface area contributed by atoms with E-state index in [1.54, 1.807) is 0 Å². The summed E-state index contributed by atoms with van der Waals surface area (Å²) >= 11 is 0. The second-order valence-corrected chi connectivity index (χ2v) is 6.08. The molecule has 0 unspecified atom stereocenters. The van der Waals surface area contributed by atoms with E-state index in [0.717, 1.165) is 12.1 Å². The Labute approximate surface area is 139 Å². The van der Waals surface area contributed by atoms with Crippen molar-refractivity contribution in [3.63, 3.8) is 0 Å². The molecule has 4 nitrogen and oxygen atoms in total. The maximum absolute atomic E-state index is 14.3. The molecule has 24 heavy (non-hydrogen) atoms. The minimum absolute atomic E-state index is 0.0104. The number of nitrogens with two attached hydrogens (primary N) is 1. The van der Waals surface area contributed by atoms with Gasteiger partial charge in [0.2, 0.25) is 0 Å². The van der Waals surface area contributed by atoms with E-state index in [2.05, 4.69) is 4.98 Å². The first kappa shape index (κ1) is 18.0. The van der Waals surface area contributed by atoms with Crippen molar-refractivity contribution in [2.75, 3.05) is 0 Å². The van der Waals surface area contributed by atoms with Crippen LogP contribution in [0.25, 0.3) is 11.1 Å². The number of hydrogen-bond donors (Lipinski definition) is 2. The van der Waals surface area contributed by atoms with Crippen molar-refractivity contribution in [1.82, 2.24) is 4.98 Å². The highest BCUT2D eigenvalue weighted by atomic mass is 19.1. The number of benzene rings is 1. The molecule has 0 saturated heterocycles. The normalized spacial score (nSPS) is 11.1. The third-order valence-electron chi connectivity index (χ3n) is 3.80. The second-order valence-electron chi connectivity index (χ2n) is 6.08. The Morgan fingerprint density at radius 3 is 2.29 bits per heavy atom. The van der Waals surface area contributed by atoms with Gasteiger partial charge in [0.1, 0.15) is 11.6 Å². The minimum Gasteiger partial charge on any atom is -0.478 e. The van der Waals surface area contributed by atoms with E-state index in [-0.39, 0.29) is 34.8 Å². The van der Waals surface area contributed by atoms with Gasteiger partial charge in [0.15, 0.2) is 0 Å². The zero-order valence-corrected chi connectivity index (χ0v) is 13.9. The van der Waals surface area contributed by atoms with Crippen LogP contribution >= 0.6 is 0 Å². The maximum Gasteiger partial charge on any atom is 0.338 e. The van der Waals surface area contributed by atoms with Gasteiger partial charge in [0.25, 0.3) is 0 Å². The van der Waals surface area contributed by atoms with Crippen LogP contribution in [0.2, 0.25) is 0 Å². The smallest absolute Gasteiger partial charge is 0.338 e. The largest absolute Gasteiger partial charge is 0.478 e. The number of carbonyl (C=O) groups is 1. The van der Waals surface area contributed by atoms with Gasteiger partial charge in [-0.2, -0.15) is 0 Å². The molecule has 6 heteroatoms. The van der Waals surface area contributed by atoms with Gasteiger partial charge in [0.05, 0.1) is 16.8 Å². The average molecular weight is 334 g/mol. The number of aromatic carboxylic acids is 1. The van der Waals surface area contributed by atoms with Crippen molar-refractivity contribution in [3.8, 4) is 11.1 Å². The Morgan fingerprint density at radius 1 is 1.25 bits per heavy atom. The molecule has 0 spiro atoms. The van der Waals surface area contributed by atoms with Crippen LogP contribution in [0, 0.1) is 24.5 Å². The summed E-state index contributed by atoms with van der Waals surface area (Å²) < 4.78 is 28.7. The Hall–Kier alpha value is -2.34. The third kappa shape index (κ3) is 3.28. The topological polar surface area (TPSA) is 76.2 Å². The lowest BCUT2D eigenvalue weighted by Gasteiger charge is -2.19. The molecule has 0 saturated carbocycles. The quantitative estimate of drug-likeness (QED) is 0.874. The molecule has 0 amide bonds. The summed E-state index contributed by atoms with van der Waals surface area (Å²) in [6, 6.07) is 3.43. The molecule has 0 aliphatic rings. The van der Waals surface area contributed by atoms with Crippen LogP contribution < -0.4 is 5.73 Å². The van der Waals surface area contributed by atoms with Gasteiger partial charge < -0.3 is 10.8 Å². The van der Waals surface area contributed by atoms with Crippen LogP contribution in [0.4, 0.5) is 8.78 Å². The van der Waals surface area contributed by atoms with Crippen LogP contribution in [0.5, 0.6) is 0 Å². The second kappa shape index (κ2) is 7.05. The maximum atomic E-state index is 14.3. The van der Waals surface area contributed by atoms with E-state index in [1.165, 1.54) is 13.0 Å². The van der Waals surface area contributed by atoms with Gasteiger partial charge in [-0.15, -0.1) is 0 Å². The molecule has 2 aromatic rings. The van der Waals surface area contributed by atoms with Crippen LogP contribution in [-0.2, 0) is 13.0 Å². The molecule has 0 bridgehead atoms. The number of carboxylic acids is 1. The molecule has 0 fully saturated rings. The van der Waals surface area contributed by atoms with Crippen molar-refractivity contribution in [3.05, 3.63) is 52.3 Å². The lowest BCUT2D eigenvalue weighted by atomic mass is 9.89. The Bertz CT molecular complexity index is 769. The minimum atomic E-state index is -1.29. The number of pyridine rings is 1. The van der Waals surface area contributed by atoms with Crippen molar-refractivity contribution >= 4 is 5.97 Å². The number of aromatic nitrogens is 1. The molecule has 128 valence electrons. The van der Waals surface area contributed by atoms with Gasteiger partial charge in [-0.25, -0.2) is 13.6 Å². The zero-order chi connectivity index (χ0) is 18.0. The van der Waals surface area contributed by atoms with E-state index in [9.17, 15) is 18.7 Å². The van der Waals surface area contributed by atoms with Gasteiger partial charge in [0, 0.05) is 17.8 Å². The Balaban J connectivity index is 2.94. The van der Waals surface area contributed by atoms with E-state index in [1.807, 2.05) is 13.8 Å². The average Bonchev–Trinajstić information content (AvgIpc) is 2.45. The Kier molecular flexibility index (Phi) is 5.29. The molecule has 0 atom stereocenters. The van der Waals surface area contributed by atoms with E-state index >= 15 is 0 Å². The fraction of sp³-hybridized carbons (Fsp3) is 0.333. The Morgan fingerprint density at radius 2 is 1.83 bits per heavy atom.